The minimum absolute atomic E-state index is 0.119. The van der Waals surface area contributed by atoms with E-state index in [1.165, 1.54) is 23.9 Å². The van der Waals surface area contributed by atoms with E-state index in [1.54, 1.807) is 12.1 Å². The number of carbonyl (C=O) groups is 1. The van der Waals surface area contributed by atoms with Crippen molar-refractivity contribution >= 4 is 28.5 Å². The minimum atomic E-state index is -1.05. The molecule has 0 spiro atoms. The van der Waals surface area contributed by atoms with Crippen LogP contribution in [0.4, 0.5) is 10.1 Å². The summed E-state index contributed by atoms with van der Waals surface area (Å²) >= 11 is 1.39. The lowest BCUT2D eigenvalue weighted by Crippen LogP contribution is -2.58. The monoisotopic (exact) mass is 415 g/mol. The van der Waals surface area contributed by atoms with Gasteiger partial charge in [-0.1, -0.05) is 42.1 Å². The van der Waals surface area contributed by atoms with Gasteiger partial charge in [-0.15, -0.1) is 0 Å². The fourth-order valence-corrected chi connectivity index (χ4v) is 5.55. The molecule has 4 N–H and O–H groups in total. The molecule has 5 atom stereocenters. The molecule has 1 amide bonds. The van der Waals surface area contributed by atoms with Gasteiger partial charge in [-0.2, -0.15) is 0 Å². The number of aliphatic imine (C=N–C) groups is 1. The highest BCUT2D eigenvalue weighted by molar-refractivity contribution is 8.14. The Hall–Kier alpha value is -2.42. The van der Waals surface area contributed by atoms with Crippen molar-refractivity contribution in [2.45, 2.75) is 36.5 Å². The van der Waals surface area contributed by atoms with Gasteiger partial charge in [0.25, 0.3) is 0 Å². The second-order valence-electron chi connectivity index (χ2n) is 7.36. The molecule has 0 bridgehead atoms. The SMILES string of the molecule is NC(=O)C1CC(O)C(O)C2C1SC(=Nc1ccccc1)N2Cc1ccc(F)cc1. The van der Waals surface area contributed by atoms with Crippen LogP contribution in [0.2, 0.25) is 0 Å². The van der Waals surface area contributed by atoms with Crippen molar-refractivity contribution in [3.63, 3.8) is 0 Å². The molecule has 2 fully saturated rings. The van der Waals surface area contributed by atoms with Gasteiger partial charge in [0, 0.05) is 11.8 Å². The summed E-state index contributed by atoms with van der Waals surface area (Å²) in [7, 11) is 0. The molecule has 2 aliphatic rings. The molecule has 29 heavy (non-hydrogen) atoms. The third-order valence-electron chi connectivity index (χ3n) is 5.43. The molecule has 0 aromatic heterocycles. The van der Waals surface area contributed by atoms with Gasteiger partial charge in [-0.25, -0.2) is 9.38 Å². The number of benzene rings is 2. The van der Waals surface area contributed by atoms with E-state index in [1.807, 2.05) is 35.2 Å². The van der Waals surface area contributed by atoms with Gasteiger partial charge >= 0.3 is 0 Å². The third-order valence-corrected chi connectivity index (χ3v) is 6.85. The molecule has 1 saturated heterocycles. The summed E-state index contributed by atoms with van der Waals surface area (Å²) < 4.78 is 13.3. The number of hydrogen-bond acceptors (Lipinski definition) is 5. The van der Waals surface area contributed by atoms with Crippen LogP contribution in [0.25, 0.3) is 0 Å². The van der Waals surface area contributed by atoms with E-state index < -0.39 is 30.1 Å². The Labute approximate surface area is 172 Å². The summed E-state index contributed by atoms with van der Waals surface area (Å²) in [4.78, 5) is 18.6. The number of thioether (sulfide) groups is 1. The first-order valence-electron chi connectivity index (χ1n) is 9.41. The Kier molecular flexibility index (Phi) is 5.58. The van der Waals surface area contributed by atoms with Gasteiger partial charge < -0.3 is 20.8 Å². The molecular formula is C21H22FN3O3S. The van der Waals surface area contributed by atoms with E-state index in [2.05, 4.69) is 0 Å². The maximum atomic E-state index is 13.3. The standard InChI is InChI=1S/C21H22FN3O3S/c22-13-8-6-12(7-9-13)11-25-17-18(27)16(26)10-15(20(23)28)19(17)29-21(25)24-14-4-2-1-3-5-14/h1-9,15-19,26-27H,10-11H2,(H2,23,28). The first-order valence-corrected chi connectivity index (χ1v) is 10.3. The number of aliphatic hydroxyl groups excluding tert-OH is 2. The van der Waals surface area contributed by atoms with E-state index in [4.69, 9.17) is 10.7 Å². The van der Waals surface area contributed by atoms with Gasteiger partial charge in [-0.3, -0.25) is 4.79 Å². The second-order valence-corrected chi connectivity index (χ2v) is 8.51. The fourth-order valence-electron chi connectivity index (χ4n) is 3.97. The molecule has 1 aliphatic carbocycles. The Morgan fingerprint density at radius 2 is 1.86 bits per heavy atom. The molecule has 0 radical (unpaired) electrons. The minimum Gasteiger partial charge on any atom is -0.390 e. The summed E-state index contributed by atoms with van der Waals surface area (Å²) in [5.74, 6) is -1.41. The number of halogens is 1. The van der Waals surface area contributed by atoms with Crippen molar-refractivity contribution in [3.05, 3.63) is 66.0 Å². The quantitative estimate of drug-likeness (QED) is 0.710. The maximum Gasteiger partial charge on any atom is 0.221 e. The number of amides is 1. The molecule has 2 aromatic rings. The average Bonchev–Trinajstić information content (AvgIpc) is 3.05. The molecule has 8 heteroatoms. The zero-order chi connectivity index (χ0) is 20.5. The number of nitrogens with two attached hydrogens (primary N) is 1. The van der Waals surface area contributed by atoms with E-state index in [-0.39, 0.29) is 17.5 Å². The number of amidine groups is 1. The van der Waals surface area contributed by atoms with Gasteiger partial charge in [0.15, 0.2) is 5.17 Å². The molecule has 152 valence electrons. The Balaban J connectivity index is 1.73. The van der Waals surface area contributed by atoms with Crippen LogP contribution in [-0.4, -0.2) is 49.7 Å². The van der Waals surface area contributed by atoms with E-state index in [0.717, 1.165) is 11.3 Å². The molecule has 5 unspecified atom stereocenters. The lowest BCUT2D eigenvalue weighted by atomic mass is 9.80. The molecule has 1 heterocycles. The normalized spacial score (nSPS) is 30.4. The largest absolute Gasteiger partial charge is 0.390 e. The predicted octanol–water partition coefficient (Wildman–Crippen LogP) is 2.03. The van der Waals surface area contributed by atoms with E-state index in [9.17, 15) is 19.4 Å². The van der Waals surface area contributed by atoms with Crippen molar-refractivity contribution in [1.82, 2.24) is 4.90 Å². The smallest absolute Gasteiger partial charge is 0.221 e. The molecule has 4 rings (SSSR count). The van der Waals surface area contributed by atoms with Crippen molar-refractivity contribution in [2.75, 3.05) is 0 Å². The molecule has 6 nitrogen and oxygen atoms in total. The van der Waals surface area contributed by atoms with Crippen molar-refractivity contribution in [3.8, 4) is 0 Å². The summed E-state index contributed by atoms with van der Waals surface area (Å²) in [6.45, 7) is 0.357. The number of fused-ring (bicyclic) bond motifs is 1. The van der Waals surface area contributed by atoms with E-state index in [0.29, 0.717) is 11.7 Å². The Morgan fingerprint density at radius 1 is 1.17 bits per heavy atom. The Morgan fingerprint density at radius 3 is 2.52 bits per heavy atom. The highest BCUT2D eigenvalue weighted by Gasteiger charge is 2.54. The highest BCUT2D eigenvalue weighted by atomic mass is 32.2. The highest BCUT2D eigenvalue weighted by Crippen LogP contribution is 2.45. The van der Waals surface area contributed by atoms with Crippen LogP contribution >= 0.6 is 11.8 Å². The van der Waals surface area contributed by atoms with Crippen molar-refractivity contribution < 1.29 is 19.4 Å². The molecule has 2 aromatic carbocycles. The predicted molar refractivity (Wildman–Crippen MR) is 110 cm³/mol. The second kappa shape index (κ2) is 8.14. The van der Waals surface area contributed by atoms with Crippen molar-refractivity contribution in [1.29, 1.82) is 0 Å². The number of carbonyl (C=O) groups excluding carboxylic acids is 1. The van der Waals surface area contributed by atoms with E-state index >= 15 is 0 Å². The topological polar surface area (TPSA) is 99.2 Å². The molecule has 1 aliphatic heterocycles. The first kappa shape index (κ1) is 19.9. The Bertz CT molecular complexity index is 909. The van der Waals surface area contributed by atoms with Crippen LogP contribution in [-0.2, 0) is 11.3 Å². The molecular weight excluding hydrogens is 393 g/mol. The summed E-state index contributed by atoms with van der Waals surface area (Å²) in [5, 5.41) is 21.4. The van der Waals surface area contributed by atoms with Gasteiger partial charge in [-0.05, 0) is 36.2 Å². The number of para-hydroxylation sites is 1. The lowest BCUT2D eigenvalue weighted by molar-refractivity contribution is -0.128. The van der Waals surface area contributed by atoms with Crippen LogP contribution in [0, 0.1) is 11.7 Å². The van der Waals surface area contributed by atoms with Crippen LogP contribution in [0.5, 0.6) is 0 Å². The summed E-state index contributed by atoms with van der Waals surface area (Å²) in [6.07, 6.45) is -1.98. The summed E-state index contributed by atoms with van der Waals surface area (Å²) in [6, 6.07) is 14.9. The zero-order valence-electron chi connectivity index (χ0n) is 15.6. The maximum absolute atomic E-state index is 13.3. The van der Waals surface area contributed by atoms with Crippen molar-refractivity contribution in [2.24, 2.45) is 16.6 Å². The number of primary amides is 1. The summed E-state index contributed by atoms with van der Waals surface area (Å²) in [5.41, 5.74) is 7.17. The van der Waals surface area contributed by atoms with Gasteiger partial charge in [0.05, 0.1) is 23.8 Å². The van der Waals surface area contributed by atoms with Crippen LogP contribution in [0.15, 0.2) is 59.6 Å². The number of rotatable bonds is 4. The van der Waals surface area contributed by atoms with Gasteiger partial charge in [0.2, 0.25) is 5.91 Å². The van der Waals surface area contributed by atoms with Crippen LogP contribution in [0.1, 0.15) is 12.0 Å². The fraction of sp³-hybridized carbons (Fsp3) is 0.333. The lowest BCUT2D eigenvalue weighted by Gasteiger charge is -2.41. The first-order chi connectivity index (χ1) is 13.9. The zero-order valence-corrected chi connectivity index (χ0v) is 16.4. The third kappa shape index (κ3) is 4.01. The number of hydrogen-bond donors (Lipinski definition) is 3. The van der Waals surface area contributed by atoms with Crippen LogP contribution in [0.3, 0.4) is 0 Å². The average molecular weight is 415 g/mol. The number of aliphatic hydroxyl groups is 2. The van der Waals surface area contributed by atoms with Crippen LogP contribution < -0.4 is 5.73 Å². The number of nitrogens with zero attached hydrogens (tertiary/aromatic N) is 2. The molecule has 1 saturated carbocycles. The van der Waals surface area contributed by atoms with Gasteiger partial charge in [0.1, 0.15) is 11.9 Å².